The Morgan fingerprint density at radius 2 is 1.78 bits per heavy atom. The number of nitrogens with one attached hydrogen (secondary N) is 2. The first-order chi connectivity index (χ1) is 11.1. The summed E-state index contributed by atoms with van der Waals surface area (Å²) in [6, 6.07) is 16.0. The molecule has 0 fully saturated rings. The van der Waals surface area contributed by atoms with Crippen molar-refractivity contribution in [3.63, 3.8) is 0 Å². The largest absolute Gasteiger partial charge is 0.379 e. The molecule has 6 nitrogen and oxygen atoms in total. The molecule has 0 saturated heterocycles. The zero-order chi connectivity index (χ0) is 16.7. The molecule has 0 heterocycles. The molecule has 120 valence electrons. The van der Waals surface area contributed by atoms with Crippen LogP contribution in [-0.2, 0) is 4.79 Å². The van der Waals surface area contributed by atoms with Crippen molar-refractivity contribution < 1.29 is 9.72 Å². The normalized spacial score (nSPS) is 11.5. The summed E-state index contributed by atoms with van der Waals surface area (Å²) in [5.74, 6) is -0.104. The van der Waals surface area contributed by atoms with Crippen molar-refractivity contribution in [3.8, 4) is 0 Å². The van der Waals surface area contributed by atoms with Crippen molar-refractivity contribution in [1.29, 1.82) is 0 Å². The van der Waals surface area contributed by atoms with E-state index in [0.717, 1.165) is 5.56 Å². The summed E-state index contributed by atoms with van der Waals surface area (Å²) in [6.45, 7) is 2.25. The minimum absolute atomic E-state index is 0.00515. The zero-order valence-electron chi connectivity index (χ0n) is 12.9. The van der Waals surface area contributed by atoms with Crippen LogP contribution in [0.5, 0.6) is 0 Å². The van der Waals surface area contributed by atoms with E-state index in [1.807, 2.05) is 37.3 Å². The van der Waals surface area contributed by atoms with E-state index in [9.17, 15) is 14.9 Å². The van der Waals surface area contributed by atoms with Crippen LogP contribution in [0.3, 0.4) is 0 Å². The number of nitrogens with zero attached hydrogens (tertiary/aromatic N) is 1. The average molecular weight is 313 g/mol. The number of carbonyl (C=O) groups is 1. The number of nitro groups is 1. The number of carbonyl (C=O) groups excluding carboxylic acids is 1. The van der Waals surface area contributed by atoms with Gasteiger partial charge in [-0.05, 0) is 18.6 Å². The van der Waals surface area contributed by atoms with Crippen LogP contribution in [0.4, 0.5) is 11.4 Å². The first kappa shape index (κ1) is 16.5. The molecule has 0 bridgehead atoms. The fourth-order valence-electron chi connectivity index (χ4n) is 2.23. The van der Waals surface area contributed by atoms with Gasteiger partial charge in [-0.25, -0.2) is 0 Å². The summed E-state index contributed by atoms with van der Waals surface area (Å²) in [5.41, 5.74) is 1.46. The van der Waals surface area contributed by atoms with E-state index in [4.69, 9.17) is 0 Å². The first-order valence-electron chi connectivity index (χ1n) is 7.39. The molecule has 2 aromatic carbocycles. The van der Waals surface area contributed by atoms with E-state index in [2.05, 4.69) is 10.6 Å². The molecule has 0 aliphatic carbocycles. The predicted molar refractivity (Wildman–Crippen MR) is 89.2 cm³/mol. The van der Waals surface area contributed by atoms with E-state index in [-0.39, 0.29) is 24.1 Å². The number of nitro benzene ring substituents is 1. The van der Waals surface area contributed by atoms with Crippen LogP contribution >= 0.6 is 0 Å². The maximum atomic E-state index is 12.0. The van der Waals surface area contributed by atoms with Gasteiger partial charge < -0.3 is 10.6 Å². The number of rotatable bonds is 7. The van der Waals surface area contributed by atoms with E-state index in [0.29, 0.717) is 12.2 Å². The third kappa shape index (κ3) is 4.81. The van der Waals surface area contributed by atoms with Crippen LogP contribution < -0.4 is 10.6 Å². The monoisotopic (exact) mass is 313 g/mol. The lowest BCUT2D eigenvalue weighted by molar-refractivity contribution is -0.384. The maximum absolute atomic E-state index is 12.0. The Hall–Kier alpha value is -2.89. The standard InChI is InChI=1S/C17H19N3O3/c1-13(14-7-3-2-4-8-14)19-17(21)11-12-18-15-9-5-6-10-16(15)20(22)23/h2-10,13,18H,11-12H2,1H3,(H,19,21). The van der Waals surface area contributed by atoms with Crippen molar-refractivity contribution >= 4 is 17.3 Å². The van der Waals surface area contributed by atoms with Crippen molar-refractivity contribution in [3.05, 3.63) is 70.3 Å². The Morgan fingerprint density at radius 3 is 2.48 bits per heavy atom. The van der Waals surface area contributed by atoms with Crippen LogP contribution in [0.15, 0.2) is 54.6 Å². The molecule has 6 heteroatoms. The molecule has 23 heavy (non-hydrogen) atoms. The van der Waals surface area contributed by atoms with Gasteiger partial charge in [-0.1, -0.05) is 42.5 Å². The Labute approximate surface area is 134 Å². The Kier molecular flexibility index (Phi) is 5.68. The van der Waals surface area contributed by atoms with Gasteiger partial charge in [0, 0.05) is 19.0 Å². The van der Waals surface area contributed by atoms with Gasteiger partial charge in [0.1, 0.15) is 5.69 Å². The average Bonchev–Trinajstić information content (AvgIpc) is 2.56. The van der Waals surface area contributed by atoms with Crippen molar-refractivity contribution in [1.82, 2.24) is 5.32 Å². The topological polar surface area (TPSA) is 84.3 Å². The highest BCUT2D eigenvalue weighted by Gasteiger charge is 2.13. The minimum Gasteiger partial charge on any atom is -0.379 e. The molecule has 0 aliphatic rings. The molecule has 0 radical (unpaired) electrons. The second kappa shape index (κ2) is 7.93. The number of hydrogen-bond acceptors (Lipinski definition) is 4. The number of benzene rings is 2. The Balaban J connectivity index is 1.83. The predicted octanol–water partition coefficient (Wildman–Crippen LogP) is 3.27. The quantitative estimate of drug-likeness (QED) is 0.607. The second-order valence-corrected chi connectivity index (χ2v) is 5.15. The van der Waals surface area contributed by atoms with E-state index in [1.165, 1.54) is 6.07 Å². The third-order valence-electron chi connectivity index (χ3n) is 3.45. The fourth-order valence-corrected chi connectivity index (χ4v) is 2.23. The van der Waals surface area contributed by atoms with Gasteiger partial charge in [0.2, 0.25) is 5.91 Å². The molecule has 2 N–H and O–H groups in total. The van der Waals surface area contributed by atoms with Gasteiger partial charge in [-0.3, -0.25) is 14.9 Å². The summed E-state index contributed by atoms with van der Waals surface area (Å²) >= 11 is 0. The summed E-state index contributed by atoms with van der Waals surface area (Å²) in [5, 5.41) is 16.8. The van der Waals surface area contributed by atoms with Gasteiger partial charge in [-0.15, -0.1) is 0 Å². The third-order valence-corrected chi connectivity index (χ3v) is 3.45. The van der Waals surface area contributed by atoms with Crippen molar-refractivity contribution in [2.75, 3.05) is 11.9 Å². The smallest absolute Gasteiger partial charge is 0.292 e. The van der Waals surface area contributed by atoms with Crippen LogP contribution in [0.25, 0.3) is 0 Å². The van der Waals surface area contributed by atoms with Gasteiger partial charge in [0.25, 0.3) is 5.69 Å². The molecule has 1 unspecified atom stereocenters. The number of anilines is 1. The highest BCUT2D eigenvalue weighted by molar-refractivity contribution is 5.77. The second-order valence-electron chi connectivity index (χ2n) is 5.15. The van der Waals surface area contributed by atoms with Crippen LogP contribution in [0, 0.1) is 10.1 Å². The SMILES string of the molecule is CC(NC(=O)CCNc1ccccc1[N+](=O)[O-])c1ccccc1. The molecule has 0 spiro atoms. The van der Waals surface area contributed by atoms with Gasteiger partial charge in [-0.2, -0.15) is 0 Å². The molecule has 0 saturated carbocycles. The van der Waals surface area contributed by atoms with Crippen LogP contribution in [0.2, 0.25) is 0 Å². The number of para-hydroxylation sites is 2. The lowest BCUT2D eigenvalue weighted by atomic mass is 10.1. The van der Waals surface area contributed by atoms with Crippen LogP contribution in [0.1, 0.15) is 24.9 Å². The molecule has 2 rings (SSSR count). The summed E-state index contributed by atoms with van der Waals surface area (Å²) < 4.78 is 0. The van der Waals surface area contributed by atoms with Crippen molar-refractivity contribution in [2.24, 2.45) is 0 Å². The maximum Gasteiger partial charge on any atom is 0.292 e. The molecule has 1 amide bonds. The Morgan fingerprint density at radius 1 is 1.13 bits per heavy atom. The van der Waals surface area contributed by atoms with Crippen LogP contribution in [-0.4, -0.2) is 17.4 Å². The van der Waals surface area contributed by atoms with Gasteiger partial charge >= 0.3 is 0 Å². The molecular weight excluding hydrogens is 294 g/mol. The molecule has 2 aromatic rings. The van der Waals surface area contributed by atoms with E-state index >= 15 is 0 Å². The molecular formula is C17H19N3O3. The highest BCUT2D eigenvalue weighted by atomic mass is 16.6. The summed E-state index contributed by atoms with van der Waals surface area (Å²) in [7, 11) is 0. The molecule has 0 aliphatic heterocycles. The zero-order valence-corrected chi connectivity index (χ0v) is 12.9. The highest BCUT2D eigenvalue weighted by Crippen LogP contribution is 2.22. The van der Waals surface area contributed by atoms with Crippen molar-refractivity contribution in [2.45, 2.75) is 19.4 Å². The van der Waals surface area contributed by atoms with E-state index in [1.54, 1.807) is 18.2 Å². The Bertz CT molecular complexity index is 674. The number of amides is 1. The summed E-state index contributed by atoms with van der Waals surface area (Å²) in [4.78, 5) is 22.4. The van der Waals surface area contributed by atoms with Gasteiger partial charge in [0.15, 0.2) is 0 Å². The first-order valence-corrected chi connectivity index (χ1v) is 7.39. The fraction of sp³-hybridized carbons (Fsp3) is 0.235. The summed E-state index contributed by atoms with van der Waals surface area (Å²) in [6.07, 6.45) is 0.239. The minimum atomic E-state index is -0.445. The molecule has 1 atom stereocenters. The van der Waals surface area contributed by atoms with Gasteiger partial charge in [0.05, 0.1) is 11.0 Å². The lowest BCUT2D eigenvalue weighted by Gasteiger charge is -2.14. The molecule has 0 aromatic heterocycles. The number of hydrogen-bond donors (Lipinski definition) is 2. The lowest BCUT2D eigenvalue weighted by Crippen LogP contribution is -2.28. The van der Waals surface area contributed by atoms with E-state index < -0.39 is 4.92 Å².